The molecule has 3 aromatic carbocycles. The van der Waals surface area contributed by atoms with E-state index in [1.54, 1.807) is 6.07 Å². The molecule has 1 aromatic heterocycles. The number of hydrogen-bond donors (Lipinski definition) is 1. The molecule has 19 heteroatoms. The summed E-state index contributed by atoms with van der Waals surface area (Å²) in [6.07, 6.45) is -2.23. The molecule has 6 rings (SSSR count). The first-order valence-corrected chi connectivity index (χ1v) is 20.0. The molecule has 3 heterocycles. The number of amides is 1. The Kier molecular flexibility index (Phi) is 11.1. The molecule has 0 atom stereocenters. The van der Waals surface area contributed by atoms with Crippen molar-refractivity contribution in [3.05, 3.63) is 77.3 Å². The van der Waals surface area contributed by atoms with Gasteiger partial charge in [0.25, 0.3) is 0 Å². The molecule has 12 nitrogen and oxygen atoms in total. The third kappa shape index (κ3) is 8.27. The summed E-state index contributed by atoms with van der Waals surface area (Å²) in [7, 11) is -7.74. The molecule has 0 unspecified atom stereocenters. The second kappa shape index (κ2) is 15.2. The van der Waals surface area contributed by atoms with Crippen LogP contribution in [0.15, 0.2) is 81.7 Å². The van der Waals surface area contributed by atoms with E-state index in [2.05, 4.69) is 15.5 Å². The summed E-state index contributed by atoms with van der Waals surface area (Å²) in [4.78, 5) is 13.1. The van der Waals surface area contributed by atoms with Crippen LogP contribution in [0.2, 0.25) is 5.02 Å². The van der Waals surface area contributed by atoms with Gasteiger partial charge < -0.3 is 10.1 Å². The topological polar surface area (TPSA) is 144 Å². The summed E-state index contributed by atoms with van der Waals surface area (Å²) in [5.74, 6) is -0.884. The molecule has 0 spiro atoms. The minimum Gasteiger partial charge on any atom is -0.379 e. The fraction of sp³-hybridized carbons (Fsp3) is 0.344. The van der Waals surface area contributed by atoms with Gasteiger partial charge in [-0.25, -0.2) is 16.8 Å². The average molecular weight is 785 g/mol. The second-order valence-electron chi connectivity index (χ2n) is 11.7. The largest absolute Gasteiger partial charge is 0.416 e. The fourth-order valence-corrected chi connectivity index (χ4v) is 9.58. The SMILES string of the molecule is O=C(CSc1nnc(-c2cccc(S(=O)(=O)N3CCOCC3)c2)n1-c1cccc(C(F)(F)F)c1)Nc1cc(S(=O)(=O)N2CCCCC2)ccc1Cl. The minimum absolute atomic E-state index is 0.0211. The van der Waals surface area contributed by atoms with Crippen LogP contribution in [0.3, 0.4) is 0 Å². The van der Waals surface area contributed by atoms with Gasteiger partial charge in [0.05, 0.1) is 50.7 Å². The molecular weight excluding hydrogens is 753 g/mol. The zero-order valence-corrected chi connectivity index (χ0v) is 30.0. The number of carbonyl (C=O) groups is 1. The van der Waals surface area contributed by atoms with E-state index in [4.69, 9.17) is 16.3 Å². The third-order valence-corrected chi connectivity index (χ3v) is 13.3. The monoisotopic (exact) mass is 784 g/mol. The Morgan fingerprint density at radius 1 is 0.843 bits per heavy atom. The van der Waals surface area contributed by atoms with Crippen LogP contribution in [0.5, 0.6) is 0 Å². The molecule has 1 amide bonds. The normalized spacial score (nSPS) is 16.6. The Bertz CT molecular complexity index is 2140. The average Bonchev–Trinajstić information content (AvgIpc) is 3.56. The molecular formula is C32H32ClF3N6O6S3. The Morgan fingerprint density at radius 3 is 2.22 bits per heavy atom. The van der Waals surface area contributed by atoms with Gasteiger partial charge >= 0.3 is 6.18 Å². The maximum absolute atomic E-state index is 13.8. The second-order valence-corrected chi connectivity index (χ2v) is 16.9. The number of carbonyl (C=O) groups excluding carboxylic acids is 1. The molecule has 2 aliphatic rings. The summed E-state index contributed by atoms with van der Waals surface area (Å²) in [5, 5.41) is 11.1. The zero-order chi connectivity index (χ0) is 36.4. The lowest BCUT2D eigenvalue weighted by molar-refractivity contribution is -0.137. The number of nitrogens with zero attached hydrogens (tertiary/aromatic N) is 5. The Labute approximate surface area is 302 Å². The fourth-order valence-electron chi connectivity index (χ4n) is 5.67. The van der Waals surface area contributed by atoms with Crippen molar-refractivity contribution in [3.8, 4) is 17.1 Å². The first-order chi connectivity index (χ1) is 24.2. The molecule has 0 aliphatic carbocycles. The van der Waals surface area contributed by atoms with Gasteiger partial charge in [-0.05, 0) is 61.4 Å². The number of aromatic nitrogens is 3. The van der Waals surface area contributed by atoms with Crippen molar-refractivity contribution < 1.29 is 39.5 Å². The van der Waals surface area contributed by atoms with Gasteiger partial charge in [-0.15, -0.1) is 10.2 Å². The molecule has 0 bridgehead atoms. The molecule has 4 aromatic rings. The highest BCUT2D eigenvalue weighted by molar-refractivity contribution is 7.99. The summed E-state index contributed by atoms with van der Waals surface area (Å²) in [5.41, 5.74) is -0.596. The molecule has 0 radical (unpaired) electrons. The van der Waals surface area contributed by atoms with Crippen molar-refractivity contribution in [2.45, 2.75) is 40.4 Å². The lowest BCUT2D eigenvalue weighted by atomic mass is 10.1. The van der Waals surface area contributed by atoms with Crippen LogP contribution in [0.4, 0.5) is 18.9 Å². The third-order valence-electron chi connectivity index (χ3n) is 8.26. The van der Waals surface area contributed by atoms with Gasteiger partial charge in [-0.1, -0.05) is 48.0 Å². The van der Waals surface area contributed by atoms with Gasteiger partial charge in [-0.3, -0.25) is 9.36 Å². The van der Waals surface area contributed by atoms with E-state index in [9.17, 15) is 34.8 Å². The predicted molar refractivity (Wildman–Crippen MR) is 185 cm³/mol. The van der Waals surface area contributed by atoms with Gasteiger partial charge in [-0.2, -0.15) is 21.8 Å². The summed E-state index contributed by atoms with van der Waals surface area (Å²) in [6.45, 7) is 1.61. The number of morpholine rings is 1. The summed E-state index contributed by atoms with van der Waals surface area (Å²) in [6, 6.07) is 14.3. The van der Waals surface area contributed by atoms with Crippen molar-refractivity contribution in [3.63, 3.8) is 0 Å². The maximum atomic E-state index is 13.8. The smallest absolute Gasteiger partial charge is 0.379 e. The number of benzene rings is 3. The molecule has 2 saturated heterocycles. The molecule has 51 heavy (non-hydrogen) atoms. The Balaban J connectivity index is 1.29. The van der Waals surface area contributed by atoms with Crippen LogP contribution < -0.4 is 5.32 Å². The van der Waals surface area contributed by atoms with Crippen LogP contribution in [-0.2, 0) is 35.8 Å². The first-order valence-electron chi connectivity index (χ1n) is 15.8. The lowest BCUT2D eigenvalue weighted by Crippen LogP contribution is -2.40. The number of nitrogens with one attached hydrogen (secondary N) is 1. The number of sulfonamides is 2. The minimum atomic E-state index is -4.67. The Hall–Kier alpha value is -3.52. The van der Waals surface area contributed by atoms with E-state index in [1.165, 1.54) is 61.7 Å². The number of thioether (sulfide) groups is 1. The predicted octanol–water partition coefficient (Wildman–Crippen LogP) is 5.53. The molecule has 1 N–H and O–H groups in total. The van der Waals surface area contributed by atoms with E-state index in [0.29, 0.717) is 13.1 Å². The van der Waals surface area contributed by atoms with Gasteiger partial charge in [0.2, 0.25) is 26.0 Å². The van der Waals surface area contributed by atoms with Gasteiger partial charge in [0.1, 0.15) is 0 Å². The number of piperidine rings is 1. The molecule has 0 saturated carbocycles. The highest BCUT2D eigenvalue weighted by Crippen LogP contribution is 2.35. The Morgan fingerprint density at radius 2 is 1.51 bits per heavy atom. The number of anilines is 1. The van der Waals surface area contributed by atoms with Crippen LogP contribution in [0, 0.1) is 0 Å². The van der Waals surface area contributed by atoms with Crippen molar-refractivity contribution in [2.24, 2.45) is 0 Å². The van der Waals surface area contributed by atoms with Crippen molar-refractivity contribution >= 4 is 55.0 Å². The summed E-state index contributed by atoms with van der Waals surface area (Å²) >= 11 is 7.17. The molecule has 272 valence electrons. The number of alkyl halides is 3. The van der Waals surface area contributed by atoms with Gasteiger partial charge in [0.15, 0.2) is 11.0 Å². The number of ether oxygens (including phenoxy) is 1. The van der Waals surface area contributed by atoms with E-state index >= 15 is 0 Å². The quantitative estimate of drug-likeness (QED) is 0.205. The number of hydrogen-bond acceptors (Lipinski definition) is 9. The van der Waals surface area contributed by atoms with E-state index in [0.717, 1.165) is 43.2 Å². The van der Waals surface area contributed by atoms with Crippen LogP contribution in [0.25, 0.3) is 17.1 Å². The number of halogens is 4. The molecule has 2 aliphatic heterocycles. The van der Waals surface area contributed by atoms with Crippen molar-refractivity contribution in [2.75, 3.05) is 50.5 Å². The highest BCUT2D eigenvalue weighted by atomic mass is 35.5. The van der Waals surface area contributed by atoms with Crippen molar-refractivity contribution in [1.82, 2.24) is 23.4 Å². The molecule has 2 fully saturated rings. The van der Waals surface area contributed by atoms with Crippen LogP contribution in [-0.4, -0.2) is 91.3 Å². The van der Waals surface area contributed by atoms with Crippen molar-refractivity contribution in [1.29, 1.82) is 0 Å². The first kappa shape index (κ1) is 37.2. The van der Waals surface area contributed by atoms with E-state index in [1.807, 2.05) is 0 Å². The van der Waals surface area contributed by atoms with Crippen LogP contribution in [0.1, 0.15) is 24.8 Å². The number of rotatable bonds is 10. The highest BCUT2D eigenvalue weighted by Gasteiger charge is 2.32. The zero-order valence-electron chi connectivity index (χ0n) is 26.8. The summed E-state index contributed by atoms with van der Waals surface area (Å²) < 4.78 is 104. The lowest BCUT2D eigenvalue weighted by Gasteiger charge is -2.26. The van der Waals surface area contributed by atoms with Crippen LogP contribution >= 0.6 is 23.4 Å². The van der Waals surface area contributed by atoms with E-state index < -0.39 is 37.7 Å². The maximum Gasteiger partial charge on any atom is 0.416 e. The van der Waals surface area contributed by atoms with Gasteiger partial charge in [0, 0.05) is 31.7 Å². The standard InChI is InChI=1S/C32H32ClF3N6O6S3/c33-27-11-10-26(51(46,47)40-12-2-1-3-13-40)20-28(27)37-29(43)21-49-31-39-38-30(42(31)24-8-5-7-23(19-24)32(34,35)36)22-6-4-9-25(18-22)50(44,45)41-14-16-48-17-15-41/h4-11,18-20H,1-3,12-17,21H2,(H,37,43). The van der Waals surface area contributed by atoms with E-state index in [-0.39, 0.29) is 74.8 Å².